The van der Waals surface area contributed by atoms with Gasteiger partial charge in [0.15, 0.2) is 11.5 Å². The second-order valence-corrected chi connectivity index (χ2v) is 3.01. The maximum Gasteiger partial charge on any atom is 0.573 e. The van der Waals surface area contributed by atoms with E-state index < -0.39 is 24.5 Å². The van der Waals surface area contributed by atoms with Gasteiger partial charge in [0.1, 0.15) is 0 Å². The predicted molar refractivity (Wildman–Crippen MR) is 47.0 cm³/mol. The molecule has 1 rings (SSSR count). The summed E-state index contributed by atoms with van der Waals surface area (Å²) in [5.74, 6) is -1.61. The van der Waals surface area contributed by atoms with Gasteiger partial charge in [-0.1, -0.05) is 6.07 Å². The average Bonchev–Trinajstić information content (AvgIpc) is 2.08. The molecule has 0 atom stereocenters. The number of ether oxygens (including phenoxy) is 2. The van der Waals surface area contributed by atoms with E-state index in [1.165, 1.54) is 6.07 Å². The second-order valence-electron chi connectivity index (χ2n) is 2.53. The third-order valence-electron chi connectivity index (χ3n) is 1.39. The van der Waals surface area contributed by atoms with Crippen LogP contribution < -0.4 is 9.47 Å². The van der Waals surface area contributed by atoms with E-state index in [1.54, 1.807) is 0 Å². The Balaban J connectivity index is 3.03. The molecule has 0 unspecified atom stereocenters. The lowest BCUT2D eigenvalue weighted by Gasteiger charge is -2.14. The summed E-state index contributed by atoms with van der Waals surface area (Å²) < 4.78 is 67.0. The molecule has 1 aromatic rings. The molecule has 16 heavy (non-hydrogen) atoms. The minimum absolute atomic E-state index is 0.254. The van der Waals surface area contributed by atoms with Crippen LogP contribution in [0.4, 0.5) is 22.0 Å². The van der Waals surface area contributed by atoms with Gasteiger partial charge >= 0.3 is 13.0 Å². The highest BCUT2D eigenvalue weighted by atomic mass is 32.1. The van der Waals surface area contributed by atoms with E-state index in [-0.39, 0.29) is 4.90 Å². The number of benzene rings is 1. The van der Waals surface area contributed by atoms with Crippen molar-refractivity contribution in [3.63, 3.8) is 0 Å². The number of hydrogen-bond acceptors (Lipinski definition) is 3. The Bertz CT molecular complexity index is 366. The van der Waals surface area contributed by atoms with Crippen LogP contribution in [0, 0.1) is 0 Å². The molecular weight excluding hydrogens is 255 g/mol. The minimum Gasteiger partial charge on any atom is -0.431 e. The monoisotopic (exact) mass is 260 g/mol. The zero-order chi connectivity index (χ0) is 12.3. The van der Waals surface area contributed by atoms with Gasteiger partial charge < -0.3 is 9.47 Å². The summed E-state index contributed by atoms with van der Waals surface area (Å²) in [7, 11) is 0. The van der Waals surface area contributed by atoms with E-state index in [4.69, 9.17) is 0 Å². The molecule has 8 heteroatoms. The minimum atomic E-state index is -5.00. The maximum atomic E-state index is 11.9. The number of halogens is 5. The summed E-state index contributed by atoms with van der Waals surface area (Å²) >= 11 is 3.65. The van der Waals surface area contributed by atoms with E-state index >= 15 is 0 Å². The largest absolute Gasteiger partial charge is 0.573 e. The first kappa shape index (κ1) is 12.9. The number of thiol groups is 1. The fourth-order valence-corrected chi connectivity index (χ4v) is 1.15. The molecule has 0 N–H and O–H groups in total. The van der Waals surface area contributed by atoms with Gasteiger partial charge in [0.2, 0.25) is 0 Å². The Morgan fingerprint density at radius 2 is 1.81 bits per heavy atom. The van der Waals surface area contributed by atoms with E-state index in [0.29, 0.717) is 0 Å². The van der Waals surface area contributed by atoms with Crippen LogP contribution in [-0.4, -0.2) is 13.0 Å². The summed E-state index contributed by atoms with van der Waals surface area (Å²) in [6, 6.07) is 3.29. The molecule has 0 saturated carbocycles. The van der Waals surface area contributed by atoms with E-state index in [9.17, 15) is 22.0 Å². The normalized spacial score (nSPS) is 11.7. The van der Waals surface area contributed by atoms with Crippen molar-refractivity contribution in [2.75, 3.05) is 0 Å². The highest BCUT2D eigenvalue weighted by molar-refractivity contribution is 7.80. The van der Waals surface area contributed by atoms with Gasteiger partial charge in [-0.15, -0.1) is 25.8 Å². The van der Waals surface area contributed by atoms with Crippen molar-refractivity contribution < 1.29 is 31.4 Å². The van der Waals surface area contributed by atoms with Gasteiger partial charge in [-0.2, -0.15) is 8.78 Å². The zero-order valence-electron chi connectivity index (χ0n) is 7.46. The van der Waals surface area contributed by atoms with Crippen LogP contribution in [0.2, 0.25) is 0 Å². The van der Waals surface area contributed by atoms with Crippen LogP contribution in [0.1, 0.15) is 0 Å². The second kappa shape index (κ2) is 4.77. The van der Waals surface area contributed by atoms with Crippen LogP contribution in [0.25, 0.3) is 0 Å². The van der Waals surface area contributed by atoms with Crippen LogP contribution in [0.15, 0.2) is 23.1 Å². The lowest BCUT2D eigenvalue weighted by atomic mass is 10.3. The molecule has 0 amide bonds. The van der Waals surface area contributed by atoms with Crippen LogP contribution in [0.5, 0.6) is 11.5 Å². The van der Waals surface area contributed by atoms with Gasteiger partial charge in [0.25, 0.3) is 0 Å². The van der Waals surface area contributed by atoms with Gasteiger partial charge in [-0.3, -0.25) is 0 Å². The Labute approximate surface area is 92.4 Å². The Morgan fingerprint density at radius 3 is 2.31 bits per heavy atom. The molecule has 0 aliphatic heterocycles. The van der Waals surface area contributed by atoms with Crippen molar-refractivity contribution in [1.82, 2.24) is 0 Å². The standard InChI is InChI=1S/C8H5F5O2S/c9-7(10)14-4-2-1-3-5(16)6(4)15-8(11,12)13/h1-3,7,16H. The Kier molecular flexibility index (Phi) is 3.84. The van der Waals surface area contributed by atoms with Crippen molar-refractivity contribution in [3.05, 3.63) is 18.2 Å². The quantitative estimate of drug-likeness (QED) is 0.662. The number of rotatable bonds is 3. The molecule has 0 radical (unpaired) electrons. The van der Waals surface area contributed by atoms with Gasteiger partial charge in [0, 0.05) is 0 Å². The topological polar surface area (TPSA) is 18.5 Å². The highest BCUT2D eigenvalue weighted by Gasteiger charge is 2.33. The molecule has 0 saturated heterocycles. The summed E-state index contributed by atoms with van der Waals surface area (Å²) in [6.45, 7) is -3.24. The highest BCUT2D eigenvalue weighted by Crippen LogP contribution is 2.38. The zero-order valence-corrected chi connectivity index (χ0v) is 8.36. The molecule has 0 heterocycles. The van der Waals surface area contributed by atoms with E-state index in [2.05, 4.69) is 22.1 Å². The molecular formula is C8H5F5O2S. The molecule has 2 nitrogen and oxygen atoms in total. The lowest BCUT2D eigenvalue weighted by Crippen LogP contribution is -2.18. The van der Waals surface area contributed by atoms with Gasteiger partial charge in [-0.25, -0.2) is 0 Å². The summed E-state index contributed by atoms with van der Waals surface area (Å²) in [5, 5.41) is 0. The first-order valence-electron chi connectivity index (χ1n) is 3.82. The molecule has 1 aromatic carbocycles. The maximum absolute atomic E-state index is 11.9. The number of alkyl halides is 5. The molecule has 0 aliphatic rings. The van der Waals surface area contributed by atoms with Crippen molar-refractivity contribution in [3.8, 4) is 11.5 Å². The third-order valence-corrected chi connectivity index (χ3v) is 1.74. The molecule has 0 aliphatic carbocycles. The first-order valence-corrected chi connectivity index (χ1v) is 4.27. The van der Waals surface area contributed by atoms with Crippen molar-refractivity contribution >= 4 is 12.6 Å². The SMILES string of the molecule is FC(F)Oc1cccc(S)c1OC(F)(F)F. The fraction of sp³-hybridized carbons (Fsp3) is 0.250. The molecule has 0 spiro atoms. The molecule has 0 bridgehead atoms. The van der Waals surface area contributed by atoms with Crippen molar-refractivity contribution in [2.45, 2.75) is 17.9 Å². The smallest absolute Gasteiger partial charge is 0.431 e. The van der Waals surface area contributed by atoms with Gasteiger partial charge in [0.05, 0.1) is 4.90 Å². The fourth-order valence-electron chi connectivity index (χ4n) is 0.911. The van der Waals surface area contributed by atoms with Crippen LogP contribution >= 0.6 is 12.6 Å². The van der Waals surface area contributed by atoms with Crippen molar-refractivity contribution in [2.24, 2.45) is 0 Å². The average molecular weight is 260 g/mol. The summed E-state index contributed by atoms with van der Waals surface area (Å²) in [4.78, 5) is -0.254. The van der Waals surface area contributed by atoms with E-state index in [0.717, 1.165) is 12.1 Å². The Morgan fingerprint density at radius 1 is 1.19 bits per heavy atom. The lowest BCUT2D eigenvalue weighted by molar-refractivity contribution is -0.276. The number of para-hydroxylation sites is 1. The van der Waals surface area contributed by atoms with Crippen LogP contribution in [0.3, 0.4) is 0 Å². The molecule has 0 aromatic heterocycles. The molecule has 90 valence electrons. The van der Waals surface area contributed by atoms with E-state index in [1.807, 2.05) is 0 Å². The summed E-state index contributed by atoms with van der Waals surface area (Å²) in [6.07, 6.45) is -5.00. The third kappa shape index (κ3) is 3.76. The summed E-state index contributed by atoms with van der Waals surface area (Å²) in [5.41, 5.74) is 0. The van der Waals surface area contributed by atoms with Crippen LogP contribution in [-0.2, 0) is 0 Å². The Hall–Kier alpha value is -1.18. The molecule has 0 fully saturated rings. The van der Waals surface area contributed by atoms with Gasteiger partial charge in [-0.05, 0) is 12.1 Å². The predicted octanol–water partition coefficient (Wildman–Crippen LogP) is 3.48. The van der Waals surface area contributed by atoms with Crippen molar-refractivity contribution in [1.29, 1.82) is 0 Å². The first-order chi connectivity index (χ1) is 7.29. The number of hydrogen-bond donors (Lipinski definition) is 1.